The largest absolute Gasteiger partial charge is 0.396 e. The highest BCUT2D eigenvalue weighted by Gasteiger charge is 2.15. The molecule has 2 unspecified atom stereocenters. The first-order valence-electron chi connectivity index (χ1n) is 7.49. The van der Waals surface area contributed by atoms with E-state index in [0.29, 0.717) is 5.69 Å². The molecule has 2 atom stereocenters. The molecule has 0 radical (unpaired) electrons. The molecule has 1 aliphatic rings. The van der Waals surface area contributed by atoms with Crippen LogP contribution in [0.1, 0.15) is 26.7 Å². The lowest BCUT2D eigenvalue weighted by molar-refractivity contribution is 0.204. The number of carbonyl (C=O) groups excluding carboxylic acids is 1. The second-order valence-corrected chi connectivity index (χ2v) is 5.65. The maximum Gasteiger partial charge on any atom is 0.319 e. The Morgan fingerprint density at radius 3 is 2.67 bits per heavy atom. The standard InChI is InChI=1S/C15H24N4O2/c1-11(10-20)12(2)17-15(21)18-13-5-6-14(16-9-13)19-7-3-4-8-19/h5-6,9,11-12,20H,3-4,7-8,10H2,1-2H3,(H2,17,18,21). The average molecular weight is 292 g/mol. The van der Waals surface area contributed by atoms with Crippen molar-refractivity contribution in [3.8, 4) is 0 Å². The summed E-state index contributed by atoms with van der Waals surface area (Å²) in [5.74, 6) is 0.979. The van der Waals surface area contributed by atoms with Crippen LogP contribution in [0.3, 0.4) is 0 Å². The number of pyridine rings is 1. The molecular formula is C15H24N4O2. The van der Waals surface area contributed by atoms with E-state index < -0.39 is 0 Å². The first-order chi connectivity index (χ1) is 10.1. The lowest BCUT2D eigenvalue weighted by atomic mass is 10.1. The van der Waals surface area contributed by atoms with Gasteiger partial charge in [0.05, 0.1) is 11.9 Å². The van der Waals surface area contributed by atoms with E-state index in [-0.39, 0.29) is 24.6 Å². The maximum atomic E-state index is 11.8. The van der Waals surface area contributed by atoms with Gasteiger partial charge >= 0.3 is 6.03 Å². The maximum absolute atomic E-state index is 11.8. The van der Waals surface area contributed by atoms with Crippen LogP contribution in [0.15, 0.2) is 18.3 Å². The minimum absolute atomic E-state index is 0.0198. The minimum Gasteiger partial charge on any atom is -0.396 e. The molecule has 3 N–H and O–H groups in total. The highest BCUT2D eigenvalue weighted by Crippen LogP contribution is 2.19. The summed E-state index contributed by atoms with van der Waals surface area (Å²) in [5.41, 5.74) is 0.666. The van der Waals surface area contributed by atoms with Crippen molar-refractivity contribution in [1.29, 1.82) is 0 Å². The van der Waals surface area contributed by atoms with Crippen molar-refractivity contribution in [2.75, 3.05) is 29.9 Å². The van der Waals surface area contributed by atoms with Gasteiger partial charge in [0.1, 0.15) is 5.82 Å². The summed E-state index contributed by atoms with van der Waals surface area (Å²) in [6.07, 6.45) is 4.10. The first-order valence-corrected chi connectivity index (χ1v) is 7.49. The molecule has 1 aliphatic heterocycles. The molecule has 2 rings (SSSR count). The number of aliphatic hydroxyl groups is 1. The van der Waals surface area contributed by atoms with Gasteiger partial charge in [0.15, 0.2) is 0 Å². The van der Waals surface area contributed by atoms with Crippen LogP contribution in [0, 0.1) is 5.92 Å². The number of hydrogen-bond acceptors (Lipinski definition) is 4. The highest BCUT2D eigenvalue weighted by molar-refractivity contribution is 5.89. The van der Waals surface area contributed by atoms with Crippen molar-refractivity contribution < 1.29 is 9.90 Å². The molecule has 0 saturated carbocycles. The number of nitrogens with one attached hydrogen (secondary N) is 2. The predicted molar refractivity (Wildman–Crippen MR) is 83.6 cm³/mol. The Hall–Kier alpha value is -1.82. The molecule has 21 heavy (non-hydrogen) atoms. The van der Waals surface area contributed by atoms with E-state index in [1.807, 2.05) is 26.0 Å². The summed E-state index contributed by atoms with van der Waals surface area (Å²) >= 11 is 0. The fourth-order valence-electron chi connectivity index (χ4n) is 2.27. The summed E-state index contributed by atoms with van der Waals surface area (Å²) in [5, 5.41) is 14.6. The lowest BCUT2D eigenvalue weighted by Gasteiger charge is -2.20. The number of hydrogen-bond donors (Lipinski definition) is 3. The van der Waals surface area contributed by atoms with E-state index in [9.17, 15) is 4.79 Å². The van der Waals surface area contributed by atoms with Crippen molar-refractivity contribution >= 4 is 17.5 Å². The number of aromatic nitrogens is 1. The Bertz CT molecular complexity index is 457. The molecule has 1 aromatic heterocycles. The summed E-state index contributed by atoms with van der Waals surface area (Å²) in [6.45, 7) is 5.91. The third-order valence-electron chi connectivity index (χ3n) is 3.94. The Morgan fingerprint density at radius 2 is 2.10 bits per heavy atom. The second kappa shape index (κ2) is 7.26. The first kappa shape index (κ1) is 15.6. The molecule has 0 spiro atoms. The normalized spacial score (nSPS) is 17.4. The van der Waals surface area contributed by atoms with Gasteiger partial charge in [-0.3, -0.25) is 0 Å². The van der Waals surface area contributed by atoms with Crippen molar-refractivity contribution in [2.24, 2.45) is 5.92 Å². The zero-order valence-electron chi connectivity index (χ0n) is 12.7. The molecule has 2 amide bonds. The van der Waals surface area contributed by atoms with Gasteiger partial charge in [-0.1, -0.05) is 6.92 Å². The van der Waals surface area contributed by atoms with Crippen LogP contribution in [0.4, 0.5) is 16.3 Å². The van der Waals surface area contributed by atoms with Crippen LogP contribution in [0.2, 0.25) is 0 Å². The van der Waals surface area contributed by atoms with Crippen LogP contribution >= 0.6 is 0 Å². The summed E-state index contributed by atoms with van der Waals surface area (Å²) < 4.78 is 0. The van der Waals surface area contributed by atoms with Crippen molar-refractivity contribution in [2.45, 2.75) is 32.7 Å². The smallest absolute Gasteiger partial charge is 0.319 e. The third kappa shape index (κ3) is 4.32. The zero-order chi connectivity index (χ0) is 15.2. The fraction of sp³-hybridized carbons (Fsp3) is 0.600. The van der Waals surface area contributed by atoms with Crippen molar-refractivity contribution in [3.63, 3.8) is 0 Å². The van der Waals surface area contributed by atoms with E-state index in [1.165, 1.54) is 12.8 Å². The van der Waals surface area contributed by atoms with Crippen LogP contribution in [0.25, 0.3) is 0 Å². The lowest BCUT2D eigenvalue weighted by Crippen LogP contribution is -2.40. The van der Waals surface area contributed by atoms with E-state index in [0.717, 1.165) is 18.9 Å². The third-order valence-corrected chi connectivity index (χ3v) is 3.94. The minimum atomic E-state index is -0.279. The topological polar surface area (TPSA) is 77.5 Å². The summed E-state index contributed by atoms with van der Waals surface area (Å²) in [4.78, 5) is 18.5. The second-order valence-electron chi connectivity index (χ2n) is 5.65. The Kier molecular flexibility index (Phi) is 5.38. The van der Waals surface area contributed by atoms with Gasteiger partial charge in [-0.2, -0.15) is 0 Å². The van der Waals surface area contributed by atoms with E-state index in [4.69, 9.17) is 5.11 Å². The number of nitrogens with zero attached hydrogens (tertiary/aromatic N) is 2. The van der Waals surface area contributed by atoms with Crippen LogP contribution < -0.4 is 15.5 Å². The molecule has 0 aliphatic carbocycles. The molecule has 1 aromatic rings. The van der Waals surface area contributed by atoms with Gasteiger partial charge in [-0.05, 0) is 37.8 Å². The van der Waals surface area contributed by atoms with Crippen LogP contribution in [0.5, 0.6) is 0 Å². The SMILES string of the molecule is CC(CO)C(C)NC(=O)Nc1ccc(N2CCCC2)nc1. The van der Waals surface area contributed by atoms with Gasteiger partial charge < -0.3 is 20.6 Å². The number of amides is 2. The van der Waals surface area contributed by atoms with Gasteiger partial charge in [-0.25, -0.2) is 9.78 Å². The predicted octanol–water partition coefficient (Wildman–Crippen LogP) is 1.82. The highest BCUT2D eigenvalue weighted by atomic mass is 16.3. The van der Waals surface area contributed by atoms with E-state index >= 15 is 0 Å². The van der Waals surface area contributed by atoms with Crippen LogP contribution in [-0.2, 0) is 0 Å². The number of anilines is 2. The summed E-state index contributed by atoms with van der Waals surface area (Å²) in [7, 11) is 0. The van der Waals surface area contributed by atoms with E-state index in [1.54, 1.807) is 6.20 Å². The van der Waals surface area contributed by atoms with Gasteiger partial charge in [-0.15, -0.1) is 0 Å². The molecule has 1 fully saturated rings. The average Bonchev–Trinajstić information content (AvgIpc) is 3.01. The molecule has 2 heterocycles. The van der Waals surface area contributed by atoms with Gasteiger partial charge in [0.2, 0.25) is 0 Å². The fourth-order valence-corrected chi connectivity index (χ4v) is 2.27. The number of carbonyl (C=O) groups is 1. The molecule has 1 saturated heterocycles. The zero-order valence-corrected chi connectivity index (χ0v) is 12.7. The van der Waals surface area contributed by atoms with Gasteiger partial charge in [0, 0.05) is 25.7 Å². The van der Waals surface area contributed by atoms with Crippen molar-refractivity contribution in [3.05, 3.63) is 18.3 Å². The van der Waals surface area contributed by atoms with Crippen molar-refractivity contribution in [1.82, 2.24) is 10.3 Å². The summed E-state index contributed by atoms with van der Waals surface area (Å²) in [6, 6.07) is 3.42. The van der Waals surface area contributed by atoms with Crippen LogP contribution in [-0.4, -0.2) is 41.9 Å². The molecule has 0 bridgehead atoms. The Labute approximate surface area is 125 Å². The number of rotatable bonds is 5. The number of aliphatic hydroxyl groups excluding tert-OH is 1. The number of urea groups is 1. The Morgan fingerprint density at radius 1 is 1.38 bits per heavy atom. The molecule has 6 heteroatoms. The molecule has 116 valence electrons. The van der Waals surface area contributed by atoms with E-state index in [2.05, 4.69) is 20.5 Å². The van der Waals surface area contributed by atoms with Gasteiger partial charge in [0.25, 0.3) is 0 Å². The monoisotopic (exact) mass is 292 g/mol. The molecule has 0 aromatic carbocycles. The molecular weight excluding hydrogens is 268 g/mol. The Balaban J connectivity index is 1.86. The molecule has 6 nitrogen and oxygen atoms in total. The quantitative estimate of drug-likeness (QED) is 0.773.